The van der Waals surface area contributed by atoms with Crippen molar-refractivity contribution in [3.63, 3.8) is 0 Å². The topological polar surface area (TPSA) is 68.3 Å². The van der Waals surface area contributed by atoms with Gasteiger partial charge in [-0.2, -0.15) is 4.68 Å². The highest BCUT2D eigenvalue weighted by atomic mass is 19.1. The van der Waals surface area contributed by atoms with Gasteiger partial charge in [0.2, 0.25) is 5.89 Å². The highest BCUT2D eigenvalue weighted by molar-refractivity contribution is 5.83. The van der Waals surface area contributed by atoms with Gasteiger partial charge in [-0.15, -0.1) is 5.10 Å². The predicted molar refractivity (Wildman–Crippen MR) is 96.6 cm³/mol. The Labute approximate surface area is 154 Å². The Morgan fingerprint density at radius 3 is 2.37 bits per heavy atom. The molecule has 1 aliphatic heterocycles. The molecular weight excluding hydrogens is 349 g/mol. The second-order valence-electron chi connectivity index (χ2n) is 6.47. The highest BCUT2D eigenvalue weighted by Gasteiger charge is 2.32. The number of hydrogen-bond donors (Lipinski definition) is 0. The molecule has 7 heteroatoms. The van der Waals surface area contributed by atoms with E-state index in [1.807, 2.05) is 18.2 Å². The molecule has 1 unspecified atom stereocenters. The molecular formula is C20H18FN3O3. The molecule has 6 nitrogen and oxygen atoms in total. The molecule has 2 aromatic carbocycles. The maximum Gasteiger partial charge on any atom is 0.438 e. The van der Waals surface area contributed by atoms with Crippen LogP contribution in [0.15, 0.2) is 63.8 Å². The summed E-state index contributed by atoms with van der Waals surface area (Å²) in [5.74, 6) is -1.25. The van der Waals surface area contributed by atoms with Gasteiger partial charge in [-0.1, -0.05) is 30.3 Å². The van der Waals surface area contributed by atoms with Gasteiger partial charge in [0.25, 0.3) is 5.91 Å². The quantitative estimate of drug-likeness (QED) is 0.711. The molecule has 1 saturated heterocycles. The Balaban J connectivity index is 1.77. The number of benzene rings is 2. The number of carbonyl (C=O) groups excluding carboxylic acids is 1. The molecule has 0 N–H and O–H groups in total. The molecule has 3 aromatic rings. The van der Waals surface area contributed by atoms with Crippen molar-refractivity contribution < 1.29 is 13.6 Å². The minimum absolute atomic E-state index is 0.0511. The normalized spacial score (nSPS) is 15.1. The summed E-state index contributed by atoms with van der Waals surface area (Å²) < 4.78 is 19.5. The van der Waals surface area contributed by atoms with E-state index in [0.717, 1.165) is 17.5 Å². The van der Waals surface area contributed by atoms with Gasteiger partial charge >= 0.3 is 5.76 Å². The zero-order chi connectivity index (χ0) is 18.8. The van der Waals surface area contributed by atoms with Crippen molar-refractivity contribution in [2.24, 2.45) is 0 Å². The van der Waals surface area contributed by atoms with Crippen LogP contribution in [0.2, 0.25) is 0 Å². The fourth-order valence-electron chi connectivity index (χ4n) is 3.29. The largest absolute Gasteiger partial charge is 0.438 e. The van der Waals surface area contributed by atoms with Crippen LogP contribution in [0.4, 0.5) is 4.39 Å². The smallest absolute Gasteiger partial charge is 0.388 e. The van der Waals surface area contributed by atoms with Crippen LogP contribution < -0.4 is 5.76 Å². The maximum absolute atomic E-state index is 13.1. The Morgan fingerprint density at radius 1 is 1.04 bits per heavy atom. The Hall–Kier alpha value is -3.22. The van der Waals surface area contributed by atoms with E-state index in [9.17, 15) is 14.0 Å². The van der Waals surface area contributed by atoms with Gasteiger partial charge in [-0.3, -0.25) is 4.79 Å². The summed E-state index contributed by atoms with van der Waals surface area (Å²) in [6.45, 7) is 1.33. The van der Waals surface area contributed by atoms with Crippen molar-refractivity contribution in [1.82, 2.24) is 14.7 Å². The fraction of sp³-hybridized carbons (Fsp3) is 0.250. The molecule has 0 saturated carbocycles. The van der Waals surface area contributed by atoms with E-state index in [-0.39, 0.29) is 11.8 Å². The Morgan fingerprint density at radius 2 is 1.70 bits per heavy atom. The first-order valence-corrected chi connectivity index (χ1v) is 8.83. The van der Waals surface area contributed by atoms with Gasteiger partial charge in [0.05, 0.1) is 0 Å². The molecule has 27 heavy (non-hydrogen) atoms. The number of aromatic nitrogens is 2. The lowest BCUT2D eigenvalue weighted by molar-refractivity contribution is -0.132. The third-order valence-electron chi connectivity index (χ3n) is 4.67. The van der Waals surface area contributed by atoms with Crippen molar-refractivity contribution in [3.05, 3.63) is 76.5 Å². The first-order valence-electron chi connectivity index (χ1n) is 8.83. The van der Waals surface area contributed by atoms with Gasteiger partial charge in [0.15, 0.2) is 6.04 Å². The summed E-state index contributed by atoms with van der Waals surface area (Å²) in [7, 11) is 0. The molecule has 0 spiro atoms. The van der Waals surface area contributed by atoms with Crippen molar-refractivity contribution in [2.45, 2.75) is 18.9 Å². The maximum atomic E-state index is 13.1. The second-order valence-corrected chi connectivity index (χ2v) is 6.47. The molecule has 0 bridgehead atoms. The number of amides is 1. The number of carbonyl (C=O) groups is 1. The summed E-state index contributed by atoms with van der Waals surface area (Å²) in [4.78, 5) is 27.4. The number of halogens is 1. The summed E-state index contributed by atoms with van der Waals surface area (Å²) in [5, 5.41) is 4.25. The summed E-state index contributed by atoms with van der Waals surface area (Å²) in [6, 6.07) is 13.6. The van der Waals surface area contributed by atoms with Gasteiger partial charge in [0.1, 0.15) is 5.82 Å². The zero-order valence-electron chi connectivity index (χ0n) is 14.5. The van der Waals surface area contributed by atoms with Gasteiger partial charge in [0, 0.05) is 18.7 Å². The van der Waals surface area contributed by atoms with Gasteiger partial charge in [-0.05, 0) is 42.7 Å². The SMILES string of the molecule is O=C(C(c1ccccc1)n1nc(-c2ccc(F)cc2)oc1=O)N1CCCC1. The van der Waals surface area contributed by atoms with Crippen LogP contribution in [0.1, 0.15) is 24.4 Å². The predicted octanol–water partition coefficient (Wildman–Crippen LogP) is 2.85. The highest BCUT2D eigenvalue weighted by Crippen LogP contribution is 2.24. The fourth-order valence-corrected chi connectivity index (χ4v) is 3.29. The van der Waals surface area contributed by atoms with Crippen LogP contribution in [0.3, 0.4) is 0 Å². The van der Waals surface area contributed by atoms with Crippen LogP contribution >= 0.6 is 0 Å². The van der Waals surface area contributed by atoms with E-state index >= 15 is 0 Å². The lowest BCUT2D eigenvalue weighted by Crippen LogP contribution is -2.39. The van der Waals surface area contributed by atoms with E-state index < -0.39 is 17.6 Å². The van der Waals surface area contributed by atoms with E-state index in [1.165, 1.54) is 24.3 Å². The van der Waals surface area contributed by atoms with E-state index in [0.29, 0.717) is 24.2 Å². The van der Waals surface area contributed by atoms with Gasteiger partial charge < -0.3 is 9.32 Å². The molecule has 138 valence electrons. The molecule has 1 aromatic heterocycles. The zero-order valence-corrected chi connectivity index (χ0v) is 14.5. The summed E-state index contributed by atoms with van der Waals surface area (Å²) in [5.41, 5.74) is 1.13. The molecule has 1 atom stereocenters. The van der Waals surface area contributed by atoms with Crippen molar-refractivity contribution in [2.75, 3.05) is 13.1 Å². The summed E-state index contributed by atoms with van der Waals surface area (Å²) in [6.07, 6.45) is 1.89. The Kier molecular flexibility index (Phi) is 4.58. The second kappa shape index (κ2) is 7.19. The van der Waals surface area contributed by atoms with Crippen molar-refractivity contribution >= 4 is 5.91 Å². The van der Waals surface area contributed by atoms with Crippen LogP contribution in [-0.2, 0) is 4.79 Å². The van der Waals surface area contributed by atoms with E-state index in [2.05, 4.69) is 5.10 Å². The molecule has 4 rings (SSSR count). The first kappa shape index (κ1) is 17.2. The van der Waals surface area contributed by atoms with E-state index in [1.54, 1.807) is 17.0 Å². The van der Waals surface area contributed by atoms with Gasteiger partial charge in [-0.25, -0.2) is 9.18 Å². The number of hydrogen-bond acceptors (Lipinski definition) is 4. The molecule has 1 aliphatic rings. The minimum atomic E-state index is -0.894. The first-order chi connectivity index (χ1) is 13.1. The summed E-state index contributed by atoms with van der Waals surface area (Å²) >= 11 is 0. The van der Waals surface area contributed by atoms with Crippen LogP contribution in [0.25, 0.3) is 11.5 Å². The van der Waals surface area contributed by atoms with E-state index in [4.69, 9.17) is 4.42 Å². The van der Waals surface area contributed by atoms with Crippen molar-refractivity contribution in [1.29, 1.82) is 0 Å². The molecule has 1 fully saturated rings. The number of nitrogens with zero attached hydrogens (tertiary/aromatic N) is 3. The van der Waals surface area contributed by atoms with Crippen LogP contribution in [0.5, 0.6) is 0 Å². The van der Waals surface area contributed by atoms with Crippen molar-refractivity contribution in [3.8, 4) is 11.5 Å². The molecule has 0 aliphatic carbocycles. The van der Waals surface area contributed by atoms with Crippen LogP contribution in [-0.4, -0.2) is 33.7 Å². The molecule has 1 amide bonds. The standard InChI is InChI=1S/C20H18FN3O3/c21-16-10-8-15(9-11-16)18-22-24(20(26)27-18)17(14-6-2-1-3-7-14)19(25)23-12-4-5-13-23/h1-3,6-11,17H,4-5,12-13H2. The Bertz CT molecular complexity index is 989. The van der Waals surface area contributed by atoms with Crippen LogP contribution in [0, 0.1) is 5.82 Å². The number of rotatable bonds is 4. The average molecular weight is 367 g/mol. The minimum Gasteiger partial charge on any atom is -0.388 e. The monoisotopic (exact) mass is 367 g/mol. The lowest BCUT2D eigenvalue weighted by atomic mass is 10.1. The third kappa shape index (κ3) is 3.40. The third-order valence-corrected chi connectivity index (χ3v) is 4.67. The molecule has 0 radical (unpaired) electrons. The lowest BCUT2D eigenvalue weighted by Gasteiger charge is -2.22. The average Bonchev–Trinajstić information content (AvgIpc) is 3.34. The molecule has 2 heterocycles. The number of likely N-dealkylation sites (tertiary alicyclic amines) is 1.